The van der Waals surface area contributed by atoms with Crippen LogP contribution < -0.4 is 5.32 Å². The smallest absolute Gasteiger partial charge is 0.0478 e. The summed E-state index contributed by atoms with van der Waals surface area (Å²) in [4.78, 5) is 0. The summed E-state index contributed by atoms with van der Waals surface area (Å²) in [6.45, 7) is 7.46. The first-order chi connectivity index (χ1) is 7.88. The number of hydrogen-bond donors (Lipinski definition) is 1. The Morgan fingerprint density at radius 1 is 1.12 bits per heavy atom. The largest absolute Gasteiger partial charge is 0.381 e. The molecule has 0 aromatic rings. The average molecular weight is 227 g/mol. The molecule has 1 rings (SSSR count). The van der Waals surface area contributed by atoms with Crippen molar-refractivity contribution in [3.8, 4) is 0 Å². The molecule has 0 radical (unpaired) electrons. The summed E-state index contributed by atoms with van der Waals surface area (Å²) in [6, 6.07) is 0.782. The van der Waals surface area contributed by atoms with E-state index in [9.17, 15) is 0 Å². The van der Waals surface area contributed by atoms with Crippen LogP contribution in [0, 0.1) is 5.92 Å². The molecule has 2 heteroatoms. The van der Waals surface area contributed by atoms with Gasteiger partial charge in [0, 0.05) is 19.3 Å². The molecule has 2 nitrogen and oxygen atoms in total. The molecule has 1 N–H and O–H groups in total. The van der Waals surface area contributed by atoms with Gasteiger partial charge >= 0.3 is 0 Å². The van der Waals surface area contributed by atoms with Crippen molar-refractivity contribution in [1.29, 1.82) is 0 Å². The molecule has 0 spiro atoms. The highest BCUT2D eigenvalue weighted by atomic mass is 16.5. The highest BCUT2D eigenvalue weighted by Crippen LogP contribution is 2.26. The zero-order valence-corrected chi connectivity index (χ0v) is 11.1. The molecule has 2 unspecified atom stereocenters. The van der Waals surface area contributed by atoms with E-state index in [-0.39, 0.29) is 0 Å². The Balaban J connectivity index is 2.02. The van der Waals surface area contributed by atoms with Crippen LogP contribution in [0.1, 0.15) is 58.8 Å². The second-order valence-electron chi connectivity index (χ2n) is 4.98. The predicted octanol–water partition coefficient (Wildman–Crippen LogP) is 3.36. The van der Waals surface area contributed by atoms with Crippen LogP contribution in [0.15, 0.2) is 0 Å². The number of hydrogen-bond acceptors (Lipinski definition) is 2. The van der Waals surface area contributed by atoms with Gasteiger partial charge in [0.2, 0.25) is 0 Å². The van der Waals surface area contributed by atoms with Gasteiger partial charge in [-0.1, -0.05) is 33.1 Å². The average Bonchev–Trinajstić information content (AvgIpc) is 2.34. The molecule has 2 atom stereocenters. The fourth-order valence-corrected chi connectivity index (χ4v) is 2.67. The summed E-state index contributed by atoms with van der Waals surface area (Å²) >= 11 is 0. The van der Waals surface area contributed by atoms with Gasteiger partial charge < -0.3 is 10.1 Å². The van der Waals surface area contributed by atoms with Crippen molar-refractivity contribution < 1.29 is 4.74 Å². The van der Waals surface area contributed by atoms with E-state index in [4.69, 9.17) is 4.74 Å². The van der Waals surface area contributed by atoms with Crippen LogP contribution >= 0.6 is 0 Å². The molecule has 1 fully saturated rings. The quantitative estimate of drug-likeness (QED) is 0.642. The molecule has 0 heterocycles. The SMILES string of the molecule is CCCOCCCNC1CCCCC1CC. The summed E-state index contributed by atoms with van der Waals surface area (Å²) in [6.07, 6.45) is 9.30. The van der Waals surface area contributed by atoms with E-state index < -0.39 is 0 Å². The molecular formula is C14H29NO. The standard InChI is InChI=1S/C14H29NO/c1-3-11-16-12-7-10-15-14-9-6-5-8-13(14)4-2/h13-15H,3-12H2,1-2H3. The lowest BCUT2D eigenvalue weighted by Gasteiger charge is -2.31. The summed E-state index contributed by atoms with van der Waals surface area (Å²) in [7, 11) is 0. The Bertz CT molecular complexity index is 161. The lowest BCUT2D eigenvalue weighted by Crippen LogP contribution is -2.39. The van der Waals surface area contributed by atoms with Crippen LogP contribution in [-0.4, -0.2) is 25.8 Å². The van der Waals surface area contributed by atoms with Gasteiger partial charge in [-0.3, -0.25) is 0 Å². The van der Waals surface area contributed by atoms with Crippen molar-refractivity contribution in [3.63, 3.8) is 0 Å². The molecule has 1 saturated carbocycles. The highest BCUT2D eigenvalue weighted by Gasteiger charge is 2.22. The maximum atomic E-state index is 5.49. The number of rotatable bonds is 8. The molecular weight excluding hydrogens is 198 g/mol. The first-order valence-electron chi connectivity index (χ1n) is 7.19. The zero-order valence-electron chi connectivity index (χ0n) is 11.1. The van der Waals surface area contributed by atoms with Crippen LogP contribution in [0.3, 0.4) is 0 Å². The molecule has 0 amide bonds. The van der Waals surface area contributed by atoms with Gasteiger partial charge in [0.05, 0.1) is 0 Å². The van der Waals surface area contributed by atoms with E-state index in [2.05, 4.69) is 19.2 Å². The molecule has 0 aliphatic heterocycles. The van der Waals surface area contributed by atoms with Crippen LogP contribution in [0.25, 0.3) is 0 Å². The monoisotopic (exact) mass is 227 g/mol. The molecule has 0 aromatic carbocycles. The number of nitrogens with one attached hydrogen (secondary N) is 1. The minimum atomic E-state index is 0.782. The molecule has 1 aliphatic rings. The van der Waals surface area contributed by atoms with Gasteiger partial charge in [-0.15, -0.1) is 0 Å². The Labute approximate surface area is 101 Å². The van der Waals surface area contributed by atoms with Crippen molar-refractivity contribution in [2.75, 3.05) is 19.8 Å². The van der Waals surface area contributed by atoms with Gasteiger partial charge in [0.15, 0.2) is 0 Å². The minimum Gasteiger partial charge on any atom is -0.381 e. The van der Waals surface area contributed by atoms with Gasteiger partial charge in [-0.2, -0.15) is 0 Å². The lowest BCUT2D eigenvalue weighted by atomic mass is 9.83. The molecule has 0 aromatic heterocycles. The second-order valence-corrected chi connectivity index (χ2v) is 4.98. The first-order valence-corrected chi connectivity index (χ1v) is 7.19. The van der Waals surface area contributed by atoms with Crippen molar-refractivity contribution >= 4 is 0 Å². The van der Waals surface area contributed by atoms with E-state index >= 15 is 0 Å². The normalized spacial score (nSPS) is 25.9. The van der Waals surface area contributed by atoms with Crippen LogP contribution in [-0.2, 0) is 4.74 Å². The van der Waals surface area contributed by atoms with E-state index in [1.165, 1.54) is 32.1 Å². The van der Waals surface area contributed by atoms with Crippen LogP contribution in [0.2, 0.25) is 0 Å². The third-order valence-electron chi connectivity index (χ3n) is 3.65. The molecule has 0 bridgehead atoms. The summed E-state index contributed by atoms with van der Waals surface area (Å²) in [5.41, 5.74) is 0. The summed E-state index contributed by atoms with van der Waals surface area (Å²) < 4.78 is 5.49. The maximum absolute atomic E-state index is 5.49. The number of ether oxygens (including phenoxy) is 1. The molecule has 0 saturated heterocycles. The Kier molecular flexibility index (Phi) is 7.87. The first kappa shape index (κ1) is 14.0. The Morgan fingerprint density at radius 2 is 1.94 bits per heavy atom. The van der Waals surface area contributed by atoms with Crippen LogP contribution in [0.5, 0.6) is 0 Å². The van der Waals surface area contributed by atoms with Gasteiger partial charge in [0.1, 0.15) is 0 Å². The predicted molar refractivity (Wildman–Crippen MR) is 69.8 cm³/mol. The van der Waals surface area contributed by atoms with Crippen molar-refractivity contribution in [2.24, 2.45) is 5.92 Å². The van der Waals surface area contributed by atoms with Crippen molar-refractivity contribution in [3.05, 3.63) is 0 Å². The van der Waals surface area contributed by atoms with E-state index in [1.807, 2.05) is 0 Å². The van der Waals surface area contributed by atoms with Crippen LogP contribution in [0.4, 0.5) is 0 Å². The van der Waals surface area contributed by atoms with Gasteiger partial charge in [0.25, 0.3) is 0 Å². The van der Waals surface area contributed by atoms with Gasteiger partial charge in [-0.25, -0.2) is 0 Å². The van der Waals surface area contributed by atoms with E-state index in [1.54, 1.807) is 0 Å². The molecule has 1 aliphatic carbocycles. The Morgan fingerprint density at radius 3 is 2.69 bits per heavy atom. The fraction of sp³-hybridized carbons (Fsp3) is 1.00. The highest BCUT2D eigenvalue weighted by molar-refractivity contribution is 4.79. The van der Waals surface area contributed by atoms with E-state index in [0.29, 0.717) is 0 Å². The maximum Gasteiger partial charge on any atom is 0.0478 e. The lowest BCUT2D eigenvalue weighted by molar-refractivity contribution is 0.130. The van der Waals surface area contributed by atoms with Gasteiger partial charge in [-0.05, 0) is 38.1 Å². The Hall–Kier alpha value is -0.0800. The minimum absolute atomic E-state index is 0.782. The summed E-state index contributed by atoms with van der Waals surface area (Å²) in [5, 5.41) is 3.72. The summed E-state index contributed by atoms with van der Waals surface area (Å²) in [5.74, 6) is 0.922. The van der Waals surface area contributed by atoms with Crippen molar-refractivity contribution in [2.45, 2.75) is 64.8 Å². The second kappa shape index (κ2) is 9.00. The molecule has 16 heavy (non-hydrogen) atoms. The third-order valence-corrected chi connectivity index (χ3v) is 3.65. The fourth-order valence-electron chi connectivity index (χ4n) is 2.67. The van der Waals surface area contributed by atoms with Crippen molar-refractivity contribution in [1.82, 2.24) is 5.32 Å². The third kappa shape index (κ3) is 5.31. The zero-order chi connectivity index (χ0) is 11.6. The molecule has 96 valence electrons. The topological polar surface area (TPSA) is 21.3 Å². The van der Waals surface area contributed by atoms with E-state index in [0.717, 1.165) is 44.6 Å².